The lowest BCUT2D eigenvalue weighted by atomic mass is 10.1. The Kier molecular flexibility index (Phi) is 4.95. The summed E-state index contributed by atoms with van der Waals surface area (Å²) in [7, 11) is 0. The van der Waals surface area contributed by atoms with Gasteiger partial charge in [-0.1, -0.05) is 23.7 Å². The zero-order valence-electron chi connectivity index (χ0n) is 11.4. The zero-order valence-corrected chi connectivity index (χ0v) is 12.2. The first-order valence-electron chi connectivity index (χ1n) is 5.84. The second kappa shape index (κ2) is 6.06. The number of ether oxygens (including phenoxy) is 2. The van der Waals surface area contributed by atoms with Crippen LogP contribution in [0.2, 0.25) is 5.02 Å². The van der Waals surface area contributed by atoms with Crippen molar-refractivity contribution in [3.05, 3.63) is 34.9 Å². The summed E-state index contributed by atoms with van der Waals surface area (Å²) in [5.74, 6) is -1.18. The topological polar surface area (TPSA) is 52.6 Å². The molecule has 0 heterocycles. The van der Waals surface area contributed by atoms with Crippen LogP contribution in [0.4, 0.5) is 0 Å². The molecule has 0 fully saturated rings. The lowest BCUT2D eigenvalue weighted by Crippen LogP contribution is -2.29. The van der Waals surface area contributed by atoms with Crippen LogP contribution >= 0.6 is 11.6 Å². The minimum Gasteiger partial charge on any atom is -0.457 e. The lowest BCUT2D eigenvalue weighted by molar-refractivity contribution is -0.175. The quantitative estimate of drug-likeness (QED) is 0.799. The van der Waals surface area contributed by atoms with Gasteiger partial charge in [-0.3, -0.25) is 4.79 Å². The van der Waals surface area contributed by atoms with Gasteiger partial charge in [-0.2, -0.15) is 0 Å². The molecular formula is C14H17ClO4. The van der Waals surface area contributed by atoms with Gasteiger partial charge < -0.3 is 9.47 Å². The van der Waals surface area contributed by atoms with E-state index in [9.17, 15) is 9.59 Å². The van der Waals surface area contributed by atoms with Crippen molar-refractivity contribution in [3.63, 3.8) is 0 Å². The molecule has 0 saturated heterocycles. The van der Waals surface area contributed by atoms with Gasteiger partial charge in [-0.05, 0) is 32.9 Å². The van der Waals surface area contributed by atoms with Crippen molar-refractivity contribution in [2.45, 2.75) is 39.4 Å². The summed E-state index contributed by atoms with van der Waals surface area (Å²) < 4.78 is 10.3. The summed E-state index contributed by atoms with van der Waals surface area (Å²) in [6.45, 7) is 6.47. The number of carbonyl (C=O) groups excluding carboxylic acids is 2. The third kappa shape index (κ3) is 5.30. The van der Waals surface area contributed by atoms with Gasteiger partial charge in [0.25, 0.3) is 0 Å². The van der Waals surface area contributed by atoms with E-state index in [1.807, 2.05) is 0 Å². The maximum Gasteiger partial charge on any atom is 0.352 e. The molecule has 5 heteroatoms. The molecule has 0 amide bonds. The Hall–Kier alpha value is -1.55. The fourth-order valence-electron chi connectivity index (χ4n) is 1.44. The van der Waals surface area contributed by atoms with E-state index in [0.717, 1.165) is 0 Å². The first kappa shape index (κ1) is 15.5. The predicted molar refractivity (Wildman–Crippen MR) is 71.8 cm³/mol. The van der Waals surface area contributed by atoms with Crippen molar-refractivity contribution < 1.29 is 19.1 Å². The second-order valence-corrected chi connectivity index (χ2v) is 5.51. The van der Waals surface area contributed by atoms with Crippen LogP contribution in [0.1, 0.15) is 39.4 Å². The van der Waals surface area contributed by atoms with E-state index >= 15 is 0 Å². The number of hydrogen-bond donors (Lipinski definition) is 0. The number of halogens is 1. The molecule has 0 aliphatic heterocycles. The Morgan fingerprint density at radius 1 is 1.26 bits per heavy atom. The van der Waals surface area contributed by atoms with E-state index in [2.05, 4.69) is 0 Å². The maximum absolute atomic E-state index is 12.1. The van der Waals surface area contributed by atoms with E-state index in [1.54, 1.807) is 45.0 Å². The van der Waals surface area contributed by atoms with Crippen LogP contribution in [0.3, 0.4) is 0 Å². The molecule has 0 radical (unpaired) electrons. The molecule has 19 heavy (non-hydrogen) atoms. The van der Waals surface area contributed by atoms with Gasteiger partial charge in [-0.25, -0.2) is 4.79 Å². The molecule has 0 aliphatic carbocycles. The summed E-state index contributed by atoms with van der Waals surface area (Å²) >= 11 is 5.87. The summed E-state index contributed by atoms with van der Waals surface area (Å²) in [6.07, 6.45) is -1.10. The van der Waals surface area contributed by atoms with Gasteiger partial charge in [0, 0.05) is 17.5 Å². The van der Waals surface area contributed by atoms with Crippen LogP contribution in [0, 0.1) is 0 Å². The third-order valence-corrected chi connectivity index (χ3v) is 2.29. The molecule has 0 spiro atoms. The molecule has 0 bridgehead atoms. The average molecular weight is 285 g/mol. The molecule has 0 aliphatic rings. The normalized spacial score (nSPS) is 12.7. The first-order valence-corrected chi connectivity index (χ1v) is 6.22. The Labute approximate surface area is 117 Å². The minimum absolute atomic E-state index is 0.457. The van der Waals surface area contributed by atoms with E-state index in [4.69, 9.17) is 21.1 Å². The van der Waals surface area contributed by atoms with Crippen molar-refractivity contribution in [2.75, 3.05) is 0 Å². The van der Waals surface area contributed by atoms with Gasteiger partial charge >= 0.3 is 11.9 Å². The first-order chi connectivity index (χ1) is 8.69. The van der Waals surface area contributed by atoms with Crippen LogP contribution in [0.25, 0.3) is 0 Å². The highest BCUT2D eigenvalue weighted by atomic mass is 35.5. The SMILES string of the molecule is CC(=O)OC(C(=O)OC(C)(C)C)c1cccc(Cl)c1. The fourth-order valence-corrected chi connectivity index (χ4v) is 1.64. The smallest absolute Gasteiger partial charge is 0.352 e. The number of hydrogen-bond acceptors (Lipinski definition) is 4. The highest BCUT2D eigenvalue weighted by Gasteiger charge is 2.29. The summed E-state index contributed by atoms with van der Waals surface area (Å²) in [5.41, 5.74) is -0.175. The van der Waals surface area contributed by atoms with Crippen LogP contribution in [-0.4, -0.2) is 17.5 Å². The van der Waals surface area contributed by atoms with E-state index < -0.39 is 23.6 Å². The Morgan fingerprint density at radius 3 is 2.37 bits per heavy atom. The number of esters is 2. The molecule has 4 nitrogen and oxygen atoms in total. The Bertz CT molecular complexity index is 477. The second-order valence-electron chi connectivity index (χ2n) is 5.08. The number of carbonyl (C=O) groups is 2. The van der Waals surface area contributed by atoms with E-state index in [-0.39, 0.29) is 0 Å². The van der Waals surface area contributed by atoms with Crippen molar-refractivity contribution in [2.24, 2.45) is 0 Å². The largest absolute Gasteiger partial charge is 0.457 e. The Balaban J connectivity index is 3.01. The fraction of sp³-hybridized carbons (Fsp3) is 0.429. The highest BCUT2D eigenvalue weighted by Crippen LogP contribution is 2.24. The molecule has 1 rings (SSSR count). The number of benzene rings is 1. The molecule has 104 valence electrons. The average Bonchev–Trinajstić information content (AvgIpc) is 2.23. The minimum atomic E-state index is -1.10. The van der Waals surface area contributed by atoms with Crippen LogP contribution in [0.5, 0.6) is 0 Å². The maximum atomic E-state index is 12.1. The van der Waals surface area contributed by atoms with Crippen LogP contribution < -0.4 is 0 Å². The monoisotopic (exact) mass is 284 g/mol. The molecule has 1 aromatic carbocycles. The van der Waals surface area contributed by atoms with Gasteiger partial charge in [0.05, 0.1) is 0 Å². The summed E-state index contributed by atoms with van der Waals surface area (Å²) in [4.78, 5) is 23.2. The van der Waals surface area contributed by atoms with Gasteiger partial charge in [0.1, 0.15) is 5.60 Å². The molecule has 1 aromatic rings. The molecule has 0 saturated carbocycles. The molecule has 0 N–H and O–H groups in total. The molecule has 1 unspecified atom stereocenters. The standard InChI is InChI=1S/C14H17ClO4/c1-9(16)18-12(13(17)19-14(2,3)4)10-6-5-7-11(15)8-10/h5-8,12H,1-4H3. The molecular weight excluding hydrogens is 268 g/mol. The lowest BCUT2D eigenvalue weighted by Gasteiger charge is -2.23. The highest BCUT2D eigenvalue weighted by molar-refractivity contribution is 6.30. The summed E-state index contributed by atoms with van der Waals surface area (Å²) in [6, 6.07) is 6.58. The van der Waals surface area contributed by atoms with Crippen molar-refractivity contribution in [1.29, 1.82) is 0 Å². The van der Waals surface area contributed by atoms with Crippen LogP contribution in [0.15, 0.2) is 24.3 Å². The Morgan fingerprint density at radius 2 is 1.89 bits per heavy atom. The van der Waals surface area contributed by atoms with Crippen molar-refractivity contribution >= 4 is 23.5 Å². The zero-order chi connectivity index (χ0) is 14.6. The van der Waals surface area contributed by atoms with Gasteiger partial charge in [-0.15, -0.1) is 0 Å². The third-order valence-electron chi connectivity index (χ3n) is 2.06. The number of rotatable bonds is 3. The van der Waals surface area contributed by atoms with E-state index in [0.29, 0.717) is 10.6 Å². The van der Waals surface area contributed by atoms with Crippen molar-refractivity contribution in [3.8, 4) is 0 Å². The van der Waals surface area contributed by atoms with Crippen molar-refractivity contribution in [1.82, 2.24) is 0 Å². The van der Waals surface area contributed by atoms with Gasteiger partial charge in [0.15, 0.2) is 0 Å². The summed E-state index contributed by atoms with van der Waals surface area (Å²) in [5, 5.41) is 0.457. The molecule has 0 aromatic heterocycles. The molecule has 1 atom stereocenters. The predicted octanol–water partition coefficient (Wildman–Crippen LogP) is 3.29. The van der Waals surface area contributed by atoms with Crippen LogP contribution in [-0.2, 0) is 19.1 Å². The van der Waals surface area contributed by atoms with Gasteiger partial charge in [0.2, 0.25) is 6.10 Å². The van der Waals surface area contributed by atoms with E-state index in [1.165, 1.54) is 6.92 Å².